The number of nitrogens with zero attached hydrogens (tertiary/aromatic N) is 2. The van der Waals surface area contributed by atoms with E-state index in [1.54, 1.807) is 29.2 Å². The van der Waals surface area contributed by atoms with Crippen LogP contribution in [0.25, 0.3) is 11.1 Å². The highest BCUT2D eigenvalue weighted by Crippen LogP contribution is 2.12. The number of amides is 1. The molecule has 0 radical (unpaired) electrons. The first-order valence-corrected chi connectivity index (χ1v) is 6.77. The zero-order valence-corrected chi connectivity index (χ0v) is 11.4. The first-order valence-electron chi connectivity index (χ1n) is 6.77. The Kier molecular flexibility index (Phi) is 3.76. The van der Waals surface area contributed by atoms with Crippen LogP contribution >= 0.6 is 0 Å². The molecule has 0 aliphatic carbocycles. The number of benzene rings is 1. The average molecular weight is 292 g/mol. The molecule has 1 aliphatic heterocycles. The van der Waals surface area contributed by atoms with E-state index in [9.17, 15) is 9.59 Å². The molecular formula is C14H16N2O5. The summed E-state index contributed by atoms with van der Waals surface area (Å²) in [6.45, 7) is 0.976. The summed E-state index contributed by atoms with van der Waals surface area (Å²) in [5.41, 5.74) is 1.06. The molecule has 1 N–H and O–H groups in total. The predicted octanol–water partition coefficient (Wildman–Crippen LogP) is -0.186. The number of morpholine rings is 1. The van der Waals surface area contributed by atoms with Crippen molar-refractivity contribution in [1.29, 1.82) is 0 Å². The second kappa shape index (κ2) is 5.71. The van der Waals surface area contributed by atoms with Crippen LogP contribution in [0.4, 0.5) is 0 Å². The van der Waals surface area contributed by atoms with E-state index in [1.807, 2.05) is 0 Å². The van der Waals surface area contributed by atoms with Gasteiger partial charge in [-0.25, -0.2) is 4.79 Å². The second-order valence-corrected chi connectivity index (χ2v) is 4.94. The lowest BCUT2D eigenvalue weighted by Crippen LogP contribution is -2.48. The standard InChI is InChI=1S/C14H16N2O5/c17-9-10-7-15(5-6-20-10)13(18)8-16-11-3-1-2-4-12(11)21-14(16)19/h1-4,10,17H,5-9H2. The largest absolute Gasteiger partial charge is 0.420 e. The minimum Gasteiger partial charge on any atom is -0.408 e. The predicted molar refractivity (Wildman–Crippen MR) is 73.9 cm³/mol. The molecule has 0 bridgehead atoms. The Hall–Kier alpha value is -2.12. The van der Waals surface area contributed by atoms with E-state index < -0.39 is 5.76 Å². The third kappa shape index (κ3) is 2.70. The minimum atomic E-state index is -0.545. The molecule has 1 amide bonds. The monoisotopic (exact) mass is 292 g/mol. The number of hydrogen-bond donors (Lipinski definition) is 1. The van der Waals surface area contributed by atoms with Crippen molar-refractivity contribution in [2.24, 2.45) is 0 Å². The van der Waals surface area contributed by atoms with Gasteiger partial charge in [-0.1, -0.05) is 12.1 Å². The van der Waals surface area contributed by atoms with Gasteiger partial charge in [0.05, 0.1) is 24.8 Å². The number of hydrogen-bond acceptors (Lipinski definition) is 5. The van der Waals surface area contributed by atoms with Crippen LogP contribution in [0.2, 0.25) is 0 Å². The first-order chi connectivity index (χ1) is 10.2. The lowest BCUT2D eigenvalue weighted by atomic mass is 10.2. The molecule has 1 saturated heterocycles. The molecule has 0 spiro atoms. The van der Waals surface area contributed by atoms with Crippen LogP contribution in [0, 0.1) is 0 Å². The zero-order valence-electron chi connectivity index (χ0n) is 11.4. The molecule has 1 aromatic heterocycles. The van der Waals surface area contributed by atoms with Gasteiger partial charge in [-0.05, 0) is 12.1 Å². The van der Waals surface area contributed by atoms with Crippen LogP contribution in [-0.2, 0) is 16.1 Å². The van der Waals surface area contributed by atoms with Gasteiger partial charge in [0.25, 0.3) is 0 Å². The molecule has 1 atom stereocenters. The van der Waals surface area contributed by atoms with Crippen LogP contribution in [0.1, 0.15) is 0 Å². The van der Waals surface area contributed by atoms with E-state index in [-0.39, 0.29) is 25.2 Å². The van der Waals surface area contributed by atoms with Crippen molar-refractivity contribution in [2.45, 2.75) is 12.6 Å². The van der Waals surface area contributed by atoms with E-state index in [1.165, 1.54) is 4.57 Å². The molecule has 2 heterocycles. The van der Waals surface area contributed by atoms with Crippen molar-refractivity contribution in [3.05, 3.63) is 34.8 Å². The lowest BCUT2D eigenvalue weighted by molar-refractivity contribution is -0.140. The Morgan fingerprint density at radius 3 is 3.00 bits per heavy atom. The summed E-state index contributed by atoms with van der Waals surface area (Å²) in [4.78, 5) is 25.7. The highest BCUT2D eigenvalue weighted by molar-refractivity contribution is 5.79. The molecule has 112 valence electrons. The van der Waals surface area contributed by atoms with Gasteiger partial charge in [-0.15, -0.1) is 0 Å². The Morgan fingerprint density at radius 1 is 1.38 bits per heavy atom. The van der Waals surface area contributed by atoms with Crippen LogP contribution in [-0.4, -0.2) is 52.9 Å². The van der Waals surface area contributed by atoms with Gasteiger partial charge in [0, 0.05) is 13.1 Å². The summed E-state index contributed by atoms with van der Waals surface area (Å²) in [6.07, 6.45) is -0.361. The fourth-order valence-corrected chi connectivity index (χ4v) is 2.46. The second-order valence-electron chi connectivity index (χ2n) is 4.94. The normalized spacial score (nSPS) is 19.1. The highest BCUT2D eigenvalue weighted by Gasteiger charge is 2.24. The average Bonchev–Trinajstić information content (AvgIpc) is 2.83. The number of para-hydroxylation sites is 2. The van der Waals surface area contributed by atoms with Gasteiger partial charge >= 0.3 is 5.76 Å². The molecule has 1 aliphatic rings. The van der Waals surface area contributed by atoms with Crippen molar-refractivity contribution >= 4 is 17.0 Å². The van der Waals surface area contributed by atoms with E-state index in [0.717, 1.165) is 0 Å². The number of carbonyl (C=O) groups excluding carboxylic acids is 1. The van der Waals surface area contributed by atoms with Crippen molar-refractivity contribution in [3.63, 3.8) is 0 Å². The molecule has 1 aromatic carbocycles. The number of carbonyl (C=O) groups is 1. The maximum absolute atomic E-state index is 12.3. The maximum atomic E-state index is 12.3. The van der Waals surface area contributed by atoms with Crippen LogP contribution in [0.5, 0.6) is 0 Å². The minimum absolute atomic E-state index is 0.0754. The van der Waals surface area contributed by atoms with Crippen LogP contribution in [0.15, 0.2) is 33.5 Å². The number of fused-ring (bicyclic) bond motifs is 1. The zero-order chi connectivity index (χ0) is 14.8. The molecule has 1 unspecified atom stereocenters. The van der Waals surface area contributed by atoms with Gasteiger partial charge in [0.15, 0.2) is 5.58 Å². The highest BCUT2D eigenvalue weighted by atomic mass is 16.5. The molecular weight excluding hydrogens is 276 g/mol. The smallest absolute Gasteiger partial charge is 0.408 e. The van der Waals surface area contributed by atoms with E-state index in [2.05, 4.69) is 0 Å². The van der Waals surface area contributed by atoms with Crippen LogP contribution < -0.4 is 5.76 Å². The Labute approximate surface area is 120 Å². The van der Waals surface area contributed by atoms with E-state index >= 15 is 0 Å². The third-order valence-electron chi connectivity index (χ3n) is 3.56. The number of ether oxygens (including phenoxy) is 1. The third-order valence-corrected chi connectivity index (χ3v) is 3.56. The number of oxazole rings is 1. The quantitative estimate of drug-likeness (QED) is 0.848. The molecule has 7 nitrogen and oxygen atoms in total. The number of aliphatic hydroxyl groups excluding tert-OH is 1. The fraction of sp³-hybridized carbons (Fsp3) is 0.429. The topological polar surface area (TPSA) is 84.9 Å². The Bertz CT molecular complexity index is 705. The summed E-state index contributed by atoms with van der Waals surface area (Å²) in [7, 11) is 0. The van der Waals surface area contributed by atoms with Crippen molar-refractivity contribution in [1.82, 2.24) is 9.47 Å². The van der Waals surface area contributed by atoms with Gasteiger partial charge < -0.3 is 19.2 Å². The SMILES string of the molecule is O=C(Cn1c(=O)oc2ccccc21)N1CCOC(CO)C1. The number of aromatic nitrogens is 1. The molecule has 2 aromatic rings. The Morgan fingerprint density at radius 2 is 2.19 bits per heavy atom. The molecule has 21 heavy (non-hydrogen) atoms. The summed E-state index contributed by atoms with van der Waals surface area (Å²) in [5, 5.41) is 9.10. The van der Waals surface area contributed by atoms with Crippen molar-refractivity contribution < 1.29 is 19.1 Å². The van der Waals surface area contributed by atoms with Gasteiger partial charge in [0.2, 0.25) is 5.91 Å². The summed E-state index contributed by atoms with van der Waals surface area (Å²) >= 11 is 0. The number of rotatable bonds is 3. The summed E-state index contributed by atoms with van der Waals surface area (Å²) < 4.78 is 11.7. The fourth-order valence-electron chi connectivity index (χ4n) is 2.46. The van der Waals surface area contributed by atoms with Crippen LogP contribution in [0.3, 0.4) is 0 Å². The summed E-state index contributed by atoms with van der Waals surface area (Å²) in [5.74, 6) is -0.734. The maximum Gasteiger partial charge on any atom is 0.420 e. The van der Waals surface area contributed by atoms with Gasteiger partial charge in [-0.3, -0.25) is 9.36 Å². The van der Waals surface area contributed by atoms with Crippen molar-refractivity contribution in [2.75, 3.05) is 26.3 Å². The molecule has 3 rings (SSSR count). The summed E-state index contributed by atoms with van der Waals surface area (Å²) in [6, 6.07) is 6.98. The first kappa shape index (κ1) is 13.8. The molecule has 0 saturated carbocycles. The van der Waals surface area contributed by atoms with Gasteiger partial charge in [-0.2, -0.15) is 0 Å². The molecule has 1 fully saturated rings. The van der Waals surface area contributed by atoms with Gasteiger partial charge in [0.1, 0.15) is 6.54 Å². The molecule has 7 heteroatoms. The van der Waals surface area contributed by atoms with E-state index in [0.29, 0.717) is 30.8 Å². The van der Waals surface area contributed by atoms with Crippen molar-refractivity contribution in [3.8, 4) is 0 Å². The lowest BCUT2D eigenvalue weighted by Gasteiger charge is -2.32. The number of aliphatic hydroxyl groups is 1. The van der Waals surface area contributed by atoms with E-state index in [4.69, 9.17) is 14.3 Å². The Balaban J connectivity index is 1.80.